The number of hydrogen-bond acceptors (Lipinski definition) is 2. The van der Waals surface area contributed by atoms with Crippen LogP contribution in [0.3, 0.4) is 0 Å². The minimum absolute atomic E-state index is 0.0237. The van der Waals surface area contributed by atoms with Gasteiger partial charge in [0.15, 0.2) is 12.1 Å². The molecule has 0 spiro atoms. The summed E-state index contributed by atoms with van der Waals surface area (Å²) in [5, 5.41) is 0.0237. The maximum Gasteiger partial charge on any atom is 0.164 e. The Bertz CT molecular complexity index is 374. The van der Waals surface area contributed by atoms with Gasteiger partial charge < -0.3 is 0 Å². The predicted molar refractivity (Wildman–Crippen MR) is 46.8 cm³/mol. The normalized spacial score (nSPS) is 9.77. The minimum Gasteiger partial charge on any atom is -0.298 e. The van der Waals surface area contributed by atoms with E-state index in [-0.39, 0.29) is 16.1 Å². The van der Waals surface area contributed by atoms with Crippen molar-refractivity contribution in [3.05, 3.63) is 34.1 Å². The van der Waals surface area contributed by atoms with Gasteiger partial charge in [-0.05, 0) is 19.1 Å². The average Bonchev–Trinajstić information content (AvgIpc) is 2.04. The molecular formula is C9H6ClFO2. The Morgan fingerprint density at radius 2 is 2.15 bits per heavy atom. The summed E-state index contributed by atoms with van der Waals surface area (Å²) in [5.41, 5.74) is -0.388. The molecule has 0 bridgehead atoms. The number of benzene rings is 1. The number of Topliss-reactive ketones (excluding diaryl/α,β-unsaturated/α-hetero) is 1. The average molecular weight is 201 g/mol. The number of aldehydes is 1. The molecule has 0 aliphatic carbocycles. The topological polar surface area (TPSA) is 34.1 Å². The van der Waals surface area contributed by atoms with Gasteiger partial charge in [0.2, 0.25) is 0 Å². The third-order valence-electron chi connectivity index (χ3n) is 1.60. The van der Waals surface area contributed by atoms with Crippen LogP contribution >= 0.6 is 11.6 Å². The Morgan fingerprint density at radius 1 is 1.54 bits per heavy atom. The van der Waals surface area contributed by atoms with Crippen LogP contribution in [0.5, 0.6) is 0 Å². The molecule has 0 atom stereocenters. The van der Waals surface area contributed by atoms with Crippen LogP contribution < -0.4 is 0 Å². The molecule has 0 saturated heterocycles. The molecule has 0 saturated carbocycles. The van der Waals surface area contributed by atoms with Crippen LogP contribution in [-0.4, -0.2) is 12.1 Å². The van der Waals surface area contributed by atoms with Crippen molar-refractivity contribution in [2.45, 2.75) is 6.92 Å². The Kier molecular flexibility index (Phi) is 2.78. The molecule has 68 valence electrons. The summed E-state index contributed by atoms with van der Waals surface area (Å²) in [4.78, 5) is 21.2. The van der Waals surface area contributed by atoms with Crippen molar-refractivity contribution in [1.82, 2.24) is 0 Å². The van der Waals surface area contributed by atoms with Gasteiger partial charge in [-0.2, -0.15) is 0 Å². The lowest BCUT2D eigenvalue weighted by atomic mass is 10.1. The van der Waals surface area contributed by atoms with Crippen LogP contribution in [0.15, 0.2) is 12.1 Å². The van der Waals surface area contributed by atoms with Gasteiger partial charge in [0, 0.05) is 0 Å². The fourth-order valence-corrected chi connectivity index (χ4v) is 1.26. The number of ketones is 1. The molecule has 0 amide bonds. The summed E-state index contributed by atoms with van der Waals surface area (Å²) < 4.78 is 13.2. The van der Waals surface area contributed by atoms with E-state index in [4.69, 9.17) is 11.6 Å². The third-order valence-corrected chi connectivity index (χ3v) is 1.91. The van der Waals surface area contributed by atoms with Crippen molar-refractivity contribution in [3.8, 4) is 0 Å². The maximum atomic E-state index is 13.2. The van der Waals surface area contributed by atoms with Crippen LogP contribution in [-0.2, 0) is 0 Å². The van der Waals surface area contributed by atoms with Crippen LogP contribution in [0.4, 0.5) is 4.39 Å². The highest BCUT2D eigenvalue weighted by Crippen LogP contribution is 2.21. The highest BCUT2D eigenvalue weighted by molar-refractivity contribution is 6.34. The Balaban J connectivity index is 3.47. The molecule has 0 aliphatic rings. The van der Waals surface area contributed by atoms with Crippen LogP contribution in [0.25, 0.3) is 0 Å². The van der Waals surface area contributed by atoms with E-state index >= 15 is 0 Å². The molecule has 4 heteroatoms. The van der Waals surface area contributed by atoms with Gasteiger partial charge >= 0.3 is 0 Å². The zero-order chi connectivity index (χ0) is 10.0. The zero-order valence-electron chi connectivity index (χ0n) is 6.80. The largest absolute Gasteiger partial charge is 0.298 e. The van der Waals surface area contributed by atoms with E-state index in [0.29, 0.717) is 6.29 Å². The SMILES string of the molecule is CC(=O)c1c(Cl)ccc(C=O)c1F. The molecule has 0 aromatic heterocycles. The number of halogens is 2. The maximum absolute atomic E-state index is 13.2. The van der Waals surface area contributed by atoms with E-state index in [1.165, 1.54) is 19.1 Å². The van der Waals surface area contributed by atoms with E-state index in [2.05, 4.69) is 0 Å². The monoisotopic (exact) mass is 200 g/mol. The molecule has 2 nitrogen and oxygen atoms in total. The van der Waals surface area contributed by atoms with E-state index < -0.39 is 11.6 Å². The van der Waals surface area contributed by atoms with Crippen LogP contribution in [0.1, 0.15) is 27.6 Å². The molecule has 1 rings (SSSR count). The van der Waals surface area contributed by atoms with Crippen molar-refractivity contribution in [3.63, 3.8) is 0 Å². The van der Waals surface area contributed by atoms with Crippen LogP contribution in [0.2, 0.25) is 5.02 Å². The van der Waals surface area contributed by atoms with Gasteiger partial charge in [-0.25, -0.2) is 4.39 Å². The van der Waals surface area contributed by atoms with Crippen molar-refractivity contribution in [2.24, 2.45) is 0 Å². The lowest BCUT2D eigenvalue weighted by Gasteiger charge is -2.02. The molecule has 0 radical (unpaired) electrons. The molecule has 0 aliphatic heterocycles. The number of rotatable bonds is 2. The summed E-state index contributed by atoms with van der Waals surface area (Å²) in [5.74, 6) is -1.35. The Morgan fingerprint density at radius 3 is 2.62 bits per heavy atom. The molecule has 0 fully saturated rings. The fourth-order valence-electron chi connectivity index (χ4n) is 0.982. The first-order valence-electron chi connectivity index (χ1n) is 3.52. The summed E-state index contributed by atoms with van der Waals surface area (Å²) in [6.45, 7) is 1.19. The van der Waals surface area contributed by atoms with Crippen molar-refractivity contribution < 1.29 is 14.0 Å². The number of hydrogen-bond donors (Lipinski definition) is 0. The van der Waals surface area contributed by atoms with Gasteiger partial charge in [0.25, 0.3) is 0 Å². The molecule has 0 heterocycles. The molecule has 1 aromatic carbocycles. The lowest BCUT2D eigenvalue weighted by Crippen LogP contribution is -2.01. The molecular weight excluding hydrogens is 195 g/mol. The third kappa shape index (κ3) is 1.75. The second kappa shape index (κ2) is 3.66. The minimum atomic E-state index is -0.852. The van der Waals surface area contributed by atoms with E-state index in [1.807, 2.05) is 0 Å². The van der Waals surface area contributed by atoms with Gasteiger partial charge in [-0.15, -0.1) is 0 Å². The molecule has 0 N–H and O–H groups in total. The predicted octanol–water partition coefficient (Wildman–Crippen LogP) is 2.49. The number of carbonyl (C=O) groups excluding carboxylic acids is 2. The lowest BCUT2D eigenvalue weighted by molar-refractivity contribution is 0.101. The second-order valence-electron chi connectivity index (χ2n) is 2.50. The molecule has 0 unspecified atom stereocenters. The van der Waals surface area contributed by atoms with Gasteiger partial charge in [0.05, 0.1) is 16.1 Å². The molecule has 13 heavy (non-hydrogen) atoms. The van der Waals surface area contributed by atoms with E-state index in [1.54, 1.807) is 0 Å². The van der Waals surface area contributed by atoms with E-state index in [0.717, 1.165) is 0 Å². The molecule has 1 aromatic rings. The summed E-state index contributed by atoms with van der Waals surface area (Å²) in [6, 6.07) is 2.56. The van der Waals surface area contributed by atoms with E-state index in [9.17, 15) is 14.0 Å². The van der Waals surface area contributed by atoms with Crippen molar-refractivity contribution in [2.75, 3.05) is 0 Å². The summed E-state index contributed by atoms with van der Waals surface area (Å²) in [7, 11) is 0. The highest BCUT2D eigenvalue weighted by Gasteiger charge is 2.15. The first-order chi connectivity index (χ1) is 6.07. The number of carbonyl (C=O) groups is 2. The summed E-state index contributed by atoms with van der Waals surface area (Å²) >= 11 is 5.58. The second-order valence-corrected chi connectivity index (χ2v) is 2.91. The summed E-state index contributed by atoms with van der Waals surface area (Å²) in [6.07, 6.45) is 0.345. The smallest absolute Gasteiger partial charge is 0.164 e. The van der Waals surface area contributed by atoms with Gasteiger partial charge in [-0.3, -0.25) is 9.59 Å². The Hall–Kier alpha value is -1.22. The van der Waals surface area contributed by atoms with Crippen LogP contribution in [0, 0.1) is 5.82 Å². The van der Waals surface area contributed by atoms with Gasteiger partial charge in [0.1, 0.15) is 5.82 Å². The Labute approximate surface area is 79.3 Å². The first kappa shape index (κ1) is 9.86. The fraction of sp³-hybridized carbons (Fsp3) is 0.111. The quantitative estimate of drug-likeness (QED) is 0.543. The highest BCUT2D eigenvalue weighted by atomic mass is 35.5. The van der Waals surface area contributed by atoms with Crippen molar-refractivity contribution >= 4 is 23.7 Å². The zero-order valence-corrected chi connectivity index (χ0v) is 7.56. The van der Waals surface area contributed by atoms with Gasteiger partial charge in [-0.1, -0.05) is 11.6 Å². The standard InChI is InChI=1S/C9H6ClFO2/c1-5(13)8-7(10)3-2-6(4-12)9(8)11/h2-4H,1H3. The van der Waals surface area contributed by atoms with Crippen molar-refractivity contribution in [1.29, 1.82) is 0 Å². The first-order valence-corrected chi connectivity index (χ1v) is 3.90.